The second kappa shape index (κ2) is 10.6. The number of benzene rings is 4. The van der Waals surface area contributed by atoms with Crippen molar-refractivity contribution in [2.45, 2.75) is 11.0 Å². The van der Waals surface area contributed by atoms with E-state index in [1.807, 2.05) is 0 Å². The van der Waals surface area contributed by atoms with Gasteiger partial charge in [-0.25, -0.2) is 0 Å². The SMILES string of the molecule is O=S(=O)(Oc1cccc2oc3ccc(Br)cc3c12)C(F)(F)F.O=S(=O)(Oc1cccc2oc3ccccc3c12)C(F)(F)F. The maximum atomic E-state index is 12.5. The van der Waals surface area contributed by atoms with Crippen LogP contribution in [0.1, 0.15) is 0 Å². The molecule has 43 heavy (non-hydrogen) atoms. The third-order valence-electron chi connectivity index (χ3n) is 5.75. The van der Waals surface area contributed by atoms with E-state index in [0.29, 0.717) is 26.4 Å². The molecule has 0 bridgehead atoms. The molecule has 0 unspecified atom stereocenters. The van der Waals surface area contributed by atoms with Gasteiger partial charge in [0, 0.05) is 15.2 Å². The van der Waals surface area contributed by atoms with Crippen LogP contribution in [0.4, 0.5) is 26.3 Å². The van der Waals surface area contributed by atoms with E-state index in [2.05, 4.69) is 24.3 Å². The van der Waals surface area contributed by atoms with Gasteiger partial charge in [-0.1, -0.05) is 46.3 Å². The molecular formula is C26H13BrF6O8S2. The molecule has 0 saturated carbocycles. The van der Waals surface area contributed by atoms with Crippen molar-refractivity contribution in [3.8, 4) is 11.5 Å². The number of fused-ring (bicyclic) bond motifs is 6. The van der Waals surface area contributed by atoms with Gasteiger partial charge in [-0.3, -0.25) is 0 Å². The fourth-order valence-corrected chi connectivity index (χ4v) is 5.28. The molecule has 0 N–H and O–H groups in total. The van der Waals surface area contributed by atoms with E-state index in [9.17, 15) is 43.2 Å². The summed E-state index contributed by atoms with van der Waals surface area (Å²) >= 11 is 3.24. The lowest BCUT2D eigenvalue weighted by atomic mass is 10.1. The molecule has 0 aliphatic heterocycles. The number of furan rings is 2. The normalized spacial score (nSPS) is 12.9. The van der Waals surface area contributed by atoms with Crippen LogP contribution in [0.25, 0.3) is 43.9 Å². The summed E-state index contributed by atoms with van der Waals surface area (Å²) < 4.78 is 139. The first kappa shape index (κ1) is 30.5. The minimum absolute atomic E-state index is 0.159. The van der Waals surface area contributed by atoms with Crippen molar-refractivity contribution in [2.75, 3.05) is 0 Å². The molecule has 17 heteroatoms. The Morgan fingerprint density at radius 3 is 1.51 bits per heavy atom. The molecule has 0 radical (unpaired) electrons. The van der Waals surface area contributed by atoms with Crippen molar-refractivity contribution in [1.29, 1.82) is 0 Å². The summed E-state index contributed by atoms with van der Waals surface area (Å²) in [4.78, 5) is 0. The Kier molecular flexibility index (Phi) is 7.55. The van der Waals surface area contributed by atoms with Gasteiger partial charge in [0.1, 0.15) is 22.3 Å². The zero-order valence-electron chi connectivity index (χ0n) is 20.7. The molecular weight excluding hydrogens is 698 g/mol. The molecule has 0 aliphatic carbocycles. The van der Waals surface area contributed by atoms with E-state index >= 15 is 0 Å². The van der Waals surface area contributed by atoms with Crippen molar-refractivity contribution in [3.05, 3.63) is 83.3 Å². The highest BCUT2D eigenvalue weighted by atomic mass is 79.9. The molecule has 0 fully saturated rings. The molecule has 0 aliphatic rings. The molecule has 8 nitrogen and oxygen atoms in total. The van der Waals surface area contributed by atoms with Crippen LogP contribution in [0, 0.1) is 0 Å². The van der Waals surface area contributed by atoms with E-state index in [1.54, 1.807) is 42.5 Å². The summed E-state index contributed by atoms with van der Waals surface area (Å²) in [5.41, 5.74) is -9.70. The fourth-order valence-electron chi connectivity index (χ4n) is 3.98. The van der Waals surface area contributed by atoms with Gasteiger partial charge in [-0.2, -0.15) is 43.2 Å². The van der Waals surface area contributed by atoms with Gasteiger partial charge >= 0.3 is 31.3 Å². The van der Waals surface area contributed by atoms with E-state index in [4.69, 9.17) is 8.83 Å². The molecule has 6 rings (SSSR count). The highest BCUT2D eigenvalue weighted by Gasteiger charge is 2.49. The first-order valence-corrected chi connectivity index (χ1v) is 15.1. The maximum absolute atomic E-state index is 12.5. The van der Waals surface area contributed by atoms with Gasteiger partial charge in [0.05, 0.1) is 10.8 Å². The van der Waals surface area contributed by atoms with Crippen molar-refractivity contribution >= 4 is 80.0 Å². The van der Waals surface area contributed by atoms with Gasteiger partial charge in [0.25, 0.3) is 0 Å². The zero-order chi connectivity index (χ0) is 31.4. The van der Waals surface area contributed by atoms with Crippen LogP contribution in [0.5, 0.6) is 11.5 Å². The Morgan fingerprint density at radius 2 is 1.00 bits per heavy atom. The second-order valence-electron chi connectivity index (χ2n) is 8.57. The summed E-state index contributed by atoms with van der Waals surface area (Å²) in [6, 6.07) is 19.5. The van der Waals surface area contributed by atoms with Crippen LogP contribution in [0.2, 0.25) is 0 Å². The van der Waals surface area contributed by atoms with Crippen LogP contribution in [-0.4, -0.2) is 27.9 Å². The summed E-state index contributed by atoms with van der Waals surface area (Å²) in [5.74, 6) is -0.860. The number of para-hydroxylation sites is 1. The number of rotatable bonds is 4. The number of halogens is 7. The number of hydrogen-bond donors (Lipinski definition) is 0. The molecule has 0 amide bonds. The molecule has 2 heterocycles. The molecule has 2 aromatic heterocycles. The first-order chi connectivity index (χ1) is 20.0. The Morgan fingerprint density at radius 1 is 0.558 bits per heavy atom. The highest BCUT2D eigenvalue weighted by Crippen LogP contribution is 2.39. The van der Waals surface area contributed by atoms with Crippen LogP contribution in [-0.2, 0) is 20.2 Å². The van der Waals surface area contributed by atoms with E-state index in [0.717, 1.165) is 12.1 Å². The largest absolute Gasteiger partial charge is 0.534 e. The Hall–Kier alpha value is -3.96. The molecule has 0 spiro atoms. The average molecular weight is 711 g/mol. The number of alkyl halides is 6. The lowest BCUT2D eigenvalue weighted by molar-refractivity contribution is -0.0504. The van der Waals surface area contributed by atoms with Gasteiger partial charge in [0.2, 0.25) is 0 Å². The second-order valence-corrected chi connectivity index (χ2v) is 12.6. The molecule has 6 aromatic rings. The van der Waals surface area contributed by atoms with Gasteiger partial charge < -0.3 is 17.2 Å². The maximum Gasteiger partial charge on any atom is 0.534 e. The van der Waals surface area contributed by atoms with Crippen LogP contribution < -0.4 is 8.37 Å². The third-order valence-corrected chi connectivity index (χ3v) is 8.17. The van der Waals surface area contributed by atoms with E-state index < -0.39 is 42.8 Å². The van der Waals surface area contributed by atoms with E-state index in [-0.39, 0.29) is 21.9 Å². The average Bonchev–Trinajstić information content (AvgIpc) is 3.46. The van der Waals surface area contributed by atoms with Crippen molar-refractivity contribution in [3.63, 3.8) is 0 Å². The monoisotopic (exact) mass is 710 g/mol. The van der Waals surface area contributed by atoms with Crippen LogP contribution >= 0.6 is 15.9 Å². The highest BCUT2D eigenvalue weighted by molar-refractivity contribution is 9.10. The molecule has 226 valence electrons. The standard InChI is InChI=1S/C13H6BrF3O4S.C13H7F3O4S/c14-7-4-5-9-8(6-7)12-10(20-9)2-1-3-11(12)21-22(18,19)13(15,16)17;14-13(15,16)21(17,18)20-11-7-3-6-10-12(11)8-4-1-2-5-9(8)19-10/h1-6H;1-7H. The van der Waals surface area contributed by atoms with Crippen LogP contribution in [0.15, 0.2) is 92.2 Å². The molecule has 4 aromatic carbocycles. The Labute approximate surface area is 245 Å². The molecule has 0 atom stereocenters. The lowest BCUT2D eigenvalue weighted by Gasteiger charge is -2.10. The topological polar surface area (TPSA) is 113 Å². The lowest BCUT2D eigenvalue weighted by Crippen LogP contribution is -2.28. The van der Waals surface area contributed by atoms with Crippen molar-refractivity contribution < 1.29 is 60.4 Å². The smallest absolute Gasteiger partial charge is 0.456 e. The summed E-state index contributed by atoms with van der Waals surface area (Å²) in [7, 11) is -11.5. The van der Waals surface area contributed by atoms with Gasteiger partial charge in [0.15, 0.2) is 11.5 Å². The first-order valence-electron chi connectivity index (χ1n) is 11.5. The predicted octanol–water partition coefficient (Wildman–Crippen LogP) is 8.39. The minimum Gasteiger partial charge on any atom is -0.456 e. The Bertz CT molecular complexity index is 2220. The quantitative estimate of drug-likeness (QED) is 0.102. The van der Waals surface area contributed by atoms with Crippen molar-refractivity contribution in [1.82, 2.24) is 0 Å². The summed E-state index contributed by atoms with van der Waals surface area (Å²) in [5, 5.41) is 1.25. The van der Waals surface area contributed by atoms with Crippen molar-refractivity contribution in [2.24, 2.45) is 0 Å². The summed E-state index contributed by atoms with van der Waals surface area (Å²) in [6.45, 7) is 0. The zero-order valence-corrected chi connectivity index (χ0v) is 24.0. The fraction of sp³-hybridized carbons (Fsp3) is 0.0769. The molecule has 0 saturated heterocycles. The number of hydrogen-bond acceptors (Lipinski definition) is 8. The van der Waals surface area contributed by atoms with Gasteiger partial charge in [-0.05, 0) is 48.5 Å². The van der Waals surface area contributed by atoms with E-state index in [1.165, 1.54) is 24.3 Å². The third kappa shape index (κ3) is 5.83. The Balaban J connectivity index is 0.000000171. The van der Waals surface area contributed by atoms with Gasteiger partial charge in [-0.15, -0.1) is 0 Å². The minimum atomic E-state index is -5.75. The van der Waals surface area contributed by atoms with Crippen LogP contribution in [0.3, 0.4) is 0 Å². The predicted molar refractivity (Wildman–Crippen MR) is 146 cm³/mol. The summed E-state index contributed by atoms with van der Waals surface area (Å²) in [6.07, 6.45) is 0.